The second-order valence-corrected chi connectivity index (χ2v) is 8.16. The average Bonchev–Trinajstić information content (AvgIpc) is 2.71. The largest absolute Gasteiger partial charge is 0.484 e. The molecule has 0 atom stereocenters. The molecule has 0 bridgehead atoms. The van der Waals surface area contributed by atoms with E-state index >= 15 is 0 Å². The van der Waals surface area contributed by atoms with Gasteiger partial charge in [0.2, 0.25) is 0 Å². The number of halogens is 3. The zero-order chi connectivity index (χ0) is 21.7. The van der Waals surface area contributed by atoms with Crippen LogP contribution in [-0.2, 0) is 14.8 Å². The van der Waals surface area contributed by atoms with E-state index in [1.807, 2.05) is 0 Å². The molecule has 0 aliphatic carbocycles. The number of hydrogen-bond acceptors (Lipinski definition) is 4. The fourth-order valence-electron chi connectivity index (χ4n) is 2.38. The summed E-state index contributed by atoms with van der Waals surface area (Å²) in [5.74, 6) is -1.97. The lowest BCUT2D eigenvalue weighted by Gasteiger charge is -2.10. The fourth-order valence-corrected chi connectivity index (χ4v) is 3.56. The molecule has 0 aliphatic rings. The maximum absolute atomic E-state index is 13.5. The van der Waals surface area contributed by atoms with E-state index in [0.29, 0.717) is 10.7 Å². The van der Waals surface area contributed by atoms with Crippen molar-refractivity contribution in [3.05, 3.63) is 83.4 Å². The average molecular weight is 453 g/mol. The van der Waals surface area contributed by atoms with Crippen LogP contribution < -0.4 is 14.8 Å². The predicted octanol–water partition coefficient (Wildman–Crippen LogP) is 4.44. The molecule has 0 fully saturated rings. The van der Waals surface area contributed by atoms with E-state index in [0.717, 1.165) is 18.2 Å². The zero-order valence-corrected chi connectivity index (χ0v) is 16.8. The summed E-state index contributed by atoms with van der Waals surface area (Å²) in [5, 5.41) is 2.67. The summed E-state index contributed by atoms with van der Waals surface area (Å²) in [7, 11) is -3.83. The van der Waals surface area contributed by atoms with Crippen LogP contribution in [0.1, 0.15) is 0 Å². The van der Waals surface area contributed by atoms with Crippen molar-refractivity contribution in [2.45, 2.75) is 4.90 Å². The Kier molecular flexibility index (Phi) is 6.53. The Hall–Kier alpha value is -3.17. The van der Waals surface area contributed by atoms with E-state index in [4.69, 9.17) is 16.3 Å². The van der Waals surface area contributed by atoms with Crippen molar-refractivity contribution < 1.29 is 26.7 Å². The number of rotatable bonds is 7. The molecule has 2 N–H and O–H groups in total. The highest BCUT2D eigenvalue weighted by molar-refractivity contribution is 7.92. The van der Waals surface area contributed by atoms with Crippen molar-refractivity contribution in [3.8, 4) is 5.75 Å². The molecule has 0 aromatic heterocycles. The molecule has 0 unspecified atom stereocenters. The minimum Gasteiger partial charge on any atom is -0.484 e. The number of ether oxygens (including phenoxy) is 1. The third-order valence-electron chi connectivity index (χ3n) is 3.80. The number of sulfonamides is 1. The summed E-state index contributed by atoms with van der Waals surface area (Å²) in [6.07, 6.45) is 0. The predicted molar refractivity (Wildman–Crippen MR) is 109 cm³/mol. The van der Waals surface area contributed by atoms with Gasteiger partial charge in [0.15, 0.2) is 6.61 Å². The van der Waals surface area contributed by atoms with Gasteiger partial charge in [-0.05, 0) is 60.7 Å². The van der Waals surface area contributed by atoms with Gasteiger partial charge in [-0.25, -0.2) is 17.2 Å². The first-order valence-electron chi connectivity index (χ1n) is 8.49. The highest BCUT2D eigenvalue weighted by atomic mass is 35.5. The van der Waals surface area contributed by atoms with Gasteiger partial charge in [-0.1, -0.05) is 11.6 Å². The Morgan fingerprint density at radius 2 is 1.63 bits per heavy atom. The molecule has 3 aromatic rings. The van der Waals surface area contributed by atoms with Gasteiger partial charge in [0, 0.05) is 16.8 Å². The molecular formula is C20H15ClF2N2O4S. The van der Waals surface area contributed by atoms with Crippen LogP contribution in [-0.4, -0.2) is 20.9 Å². The van der Waals surface area contributed by atoms with Gasteiger partial charge < -0.3 is 10.1 Å². The maximum Gasteiger partial charge on any atom is 0.262 e. The molecule has 30 heavy (non-hydrogen) atoms. The highest BCUT2D eigenvalue weighted by Crippen LogP contribution is 2.21. The molecule has 156 valence electrons. The Bertz CT molecular complexity index is 1150. The highest BCUT2D eigenvalue weighted by Gasteiger charge is 2.15. The quantitative estimate of drug-likeness (QED) is 0.555. The van der Waals surface area contributed by atoms with Crippen LogP contribution in [0, 0.1) is 11.6 Å². The molecule has 1 amide bonds. The number of nitrogens with one attached hydrogen (secondary N) is 2. The van der Waals surface area contributed by atoms with Crippen LogP contribution in [0.15, 0.2) is 71.6 Å². The first kappa shape index (κ1) is 21.5. The minimum atomic E-state index is -3.83. The SMILES string of the molecule is O=C(COc1ccc(S(=O)(=O)Nc2ccc(Cl)cc2)cc1)Nc1cc(F)ccc1F. The first-order chi connectivity index (χ1) is 14.2. The molecular weight excluding hydrogens is 438 g/mol. The van der Waals surface area contributed by atoms with Crippen molar-refractivity contribution in [1.29, 1.82) is 0 Å². The Labute approximate surface area is 176 Å². The summed E-state index contributed by atoms with van der Waals surface area (Å²) < 4.78 is 59.1. The fraction of sp³-hybridized carbons (Fsp3) is 0.0500. The van der Waals surface area contributed by atoms with Gasteiger partial charge in [-0.2, -0.15) is 0 Å². The van der Waals surface area contributed by atoms with Gasteiger partial charge >= 0.3 is 0 Å². The molecule has 10 heteroatoms. The molecule has 6 nitrogen and oxygen atoms in total. The molecule has 0 saturated heterocycles. The van der Waals surface area contributed by atoms with Gasteiger partial charge in [0.05, 0.1) is 10.6 Å². The van der Waals surface area contributed by atoms with Crippen LogP contribution >= 0.6 is 11.6 Å². The summed E-state index contributed by atoms with van der Waals surface area (Å²) in [4.78, 5) is 11.8. The second-order valence-electron chi connectivity index (χ2n) is 6.04. The number of carbonyl (C=O) groups is 1. The van der Waals surface area contributed by atoms with Crippen molar-refractivity contribution in [2.24, 2.45) is 0 Å². The lowest BCUT2D eigenvalue weighted by Crippen LogP contribution is -2.21. The molecule has 0 aliphatic heterocycles. The minimum absolute atomic E-state index is 0.0175. The van der Waals surface area contributed by atoms with Crippen LogP contribution in [0.25, 0.3) is 0 Å². The van der Waals surface area contributed by atoms with Crippen molar-refractivity contribution in [1.82, 2.24) is 0 Å². The number of carbonyl (C=O) groups excluding carboxylic acids is 1. The molecule has 0 radical (unpaired) electrons. The van der Waals surface area contributed by atoms with Crippen LogP contribution in [0.3, 0.4) is 0 Å². The van der Waals surface area contributed by atoms with Crippen molar-refractivity contribution in [3.63, 3.8) is 0 Å². The summed E-state index contributed by atoms with van der Waals surface area (Å²) in [6.45, 7) is -0.481. The molecule has 0 saturated carbocycles. The van der Waals surface area contributed by atoms with Crippen LogP contribution in [0.4, 0.5) is 20.2 Å². The van der Waals surface area contributed by atoms with Gasteiger partial charge in [-0.3, -0.25) is 9.52 Å². The lowest BCUT2D eigenvalue weighted by atomic mass is 10.3. The Morgan fingerprint density at radius 1 is 0.967 bits per heavy atom. The second kappa shape index (κ2) is 9.10. The number of anilines is 2. The summed E-state index contributed by atoms with van der Waals surface area (Å²) in [5.41, 5.74) is 0.0410. The Balaban J connectivity index is 1.59. The maximum atomic E-state index is 13.5. The third-order valence-corrected chi connectivity index (χ3v) is 5.45. The van der Waals surface area contributed by atoms with E-state index in [-0.39, 0.29) is 16.3 Å². The number of amides is 1. The molecule has 3 aromatic carbocycles. The third kappa shape index (κ3) is 5.68. The summed E-state index contributed by atoms with van der Waals surface area (Å²) >= 11 is 5.77. The Morgan fingerprint density at radius 3 is 2.30 bits per heavy atom. The summed E-state index contributed by atoms with van der Waals surface area (Å²) in [6, 6.07) is 14.2. The van der Waals surface area contributed by atoms with Crippen molar-refractivity contribution >= 4 is 38.9 Å². The molecule has 0 heterocycles. The lowest BCUT2D eigenvalue weighted by molar-refractivity contribution is -0.118. The van der Waals surface area contributed by atoms with Crippen molar-refractivity contribution in [2.75, 3.05) is 16.6 Å². The normalized spacial score (nSPS) is 11.0. The van der Waals surface area contributed by atoms with E-state index in [1.165, 1.54) is 36.4 Å². The van der Waals surface area contributed by atoms with Crippen LogP contribution in [0.5, 0.6) is 5.75 Å². The molecule has 3 rings (SSSR count). The zero-order valence-electron chi connectivity index (χ0n) is 15.2. The standard InChI is InChI=1S/C20H15ClF2N2O4S/c21-13-1-4-15(5-2-13)25-30(27,28)17-8-6-16(7-9-17)29-12-20(26)24-19-11-14(22)3-10-18(19)23/h1-11,25H,12H2,(H,24,26). The van der Waals surface area contributed by atoms with E-state index in [2.05, 4.69) is 10.0 Å². The molecule has 0 spiro atoms. The number of hydrogen-bond donors (Lipinski definition) is 2. The van der Waals surface area contributed by atoms with E-state index < -0.39 is 34.2 Å². The van der Waals surface area contributed by atoms with Gasteiger partial charge in [0.1, 0.15) is 17.4 Å². The smallest absolute Gasteiger partial charge is 0.262 e. The van der Waals surface area contributed by atoms with Gasteiger partial charge in [0.25, 0.3) is 15.9 Å². The van der Waals surface area contributed by atoms with Gasteiger partial charge in [-0.15, -0.1) is 0 Å². The van der Waals surface area contributed by atoms with E-state index in [1.54, 1.807) is 12.1 Å². The van der Waals surface area contributed by atoms with E-state index in [9.17, 15) is 22.0 Å². The monoisotopic (exact) mass is 452 g/mol. The topological polar surface area (TPSA) is 84.5 Å². The first-order valence-corrected chi connectivity index (χ1v) is 10.4. The number of benzene rings is 3. The van der Waals surface area contributed by atoms with Crippen LogP contribution in [0.2, 0.25) is 5.02 Å².